The van der Waals surface area contributed by atoms with Gasteiger partial charge in [0, 0.05) is 70.1 Å². The van der Waals surface area contributed by atoms with Crippen molar-refractivity contribution in [1.82, 2.24) is 10.2 Å². The number of non-ortho nitro benzene ring substituents is 1. The van der Waals surface area contributed by atoms with Crippen LogP contribution in [0.5, 0.6) is 0 Å². The van der Waals surface area contributed by atoms with E-state index in [1.165, 1.54) is 6.07 Å². The van der Waals surface area contributed by atoms with Gasteiger partial charge in [-0.05, 0) is 55.0 Å². The molecule has 0 spiro atoms. The number of hydrogen-bond donors (Lipinski definition) is 1. The number of carbonyl (C=O) groups is 2. The maximum atomic E-state index is 15.0. The highest BCUT2D eigenvalue weighted by atomic mass is 19.1. The first kappa shape index (κ1) is 25.1. The molecule has 1 atom stereocenters. The van der Waals surface area contributed by atoms with Crippen LogP contribution in [0.4, 0.5) is 21.5 Å². The quantitative estimate of drug-likeness (QED) is 0.362. The number of piperidine rings is 2. The Kier molecular flexibility index (Phi) is 7.36. The van der Waals surface area contributed by atoms with Crippen molar-refractivity contribution in [2.45, 2.75) is 31.6 Å². The average molecular weight is 510 g/mol. The molecule has 196 valence electrons. The SMILES string of the molecule is O=C1CCC(c2ccc(N3CCN(CC4CCN(c5ccc([N+](=O)[O-])cc5)CC4)CC3)c(F)c2)C(=O)N1. The Morgan fingerprint density at radius 3 is 2.24 bits per heavy atom. The number of anilines is 2. The van der Waals surface area contributed by atoms with Gasteiger partial charge in [0.15, 0.2) is 0 Å². The summed E-state index contributed by atoms with van der Waals surface area (Å²) in [5.41, 5.74) is 2.32. The van der Waals surface area contributed by atoms with Gasteiger partial charge in [0.1, 0.15) is 5.82 Å². The topological polar surface area (TPSA) is 99.0 Å². The van der Waals surface area contributed by atoms with Crippen LogP contribution in [0.25, 0.3) is 0 Å². The lowest BCUT2D eigenvalue weighted by Gasteiger charge is -2.40. The van der Waals surface area contributed by atoms with Crippen LogP contribution < -0.4 is 15.1 Å². The summed E-state index contributed by atoms with van der Waals surface area (Å²) in [5, 5.41) is 13.2. The molecule has 1 unspecified atom stereocenters. The number of nitro benzene ring substituents is 1. The normalized spacial score (nSPS) is 21.7. The molecule has 2 aromatic carbocycles. The van der Waals surface area contributed by atoms with E-state index in [-0.39, 0.29) is 34.7 Å². The first-order valence-corrected chi connectivity index (χ1v) is 13.0. The van der Waals surface area contributed by atoms with E-state index in [0.29, 0.717) is 23.6 Å². The van der Waals surface area contributed by atoms with Crippen LogP contribution in [-0.4, -0.2) is 67.5 Å². The second-order valence-electron chi connectivity index (χ2n) is 10.2. The van der Waals surface area contributed by atoms with Gasteiger partial charge >= 0.3 is 0 Å². The number of carbonyl (C=O) groups excluding carboxylic acids is 2. The fraction of sp³-hybridized carbons (Fsp3) is 0.481. The number of piperazine rings is 1. The molecule has 3 aliphatic heterocycles. The number of benzene rings is 2. The fourth-order valence-corrected chi connectivity index (χ4v) is 5.70. The van der Waals surface area contributed by atoms with Gasteiger partial charge in [-0.3, -0.25) is 29.9 Å². The van der Waals surface area contributed by atoms with Crippen molar-refractivity contribution in [2.75, 3.05) is 55.6 Å². The lowest BCUT2D eigenvalue weighted by Crippen LogP contribution is -2.49. The number of hydrogen-bond acceptors (Lipinski definition) is 7. The molecular weight excluding hydrogens is 477 g/mol. The average Bonchev–Trinajstić information content (AvgIpc) is 2.90. The third-order valence-electron chi connectivity index (χ3n) is 7.88. The Balaban J connectivity index is 1.09. The summed E-state index contributed by atoms with van der Waals surface area (Å²) in [4.78, 5) is 40.8. The van der Waals surface area contributed by atoms with Crippen molar-refractivity contribution >= 4 is 28.9 Å². The standard InChI is InChI=1S/C27H32FN5O4/c28-24-17-20(23-6-8-26(34)29-27(23)35)1-7-25(24)32-15-13-30(14-16-32)18-19-9-11-31(12-10-19)21-2-4-22(5-3-21)33(36)37/h1-5,7,17,19,23H,6,8-16,18H2,(H,29,34,35). The van der Waals surface area contributed by atoms with Crippen LogP contribution >= 0.6 is 0 Å². The van der Waals surface area contributed by atoms with Crippen LogP contribution in [0.2, 0.25) is 0 Å². The van der Waals surface area contributed by atoms with Gasteiger partial charge in [0.05, 0.1) is 16.5 Å². The summed E-state index contributed by atoms with van der Waals surface area (Å²) < 4.78 is 15.0. The number of halogens is 1. The van der Waals surface area contributed by atoms with E-state index < -0.39 is 5.92 Å². The van der Waals surface area contributed by atoms with E-state index in [0.717, 1.165) is 64.3 Å². The van der Waals surface area contributed by atoms with Crippen LogP contribution in [-0.2, 0) is 9.59 Å². The zero-order valence-electron chi connectivity index (χ0n) is 20.8. The number of amides is 2. The molecule has 37 heavy (non-hydrogen) atoms. The first-order valence-electron chi connectivity index (χ1n) is 13.0. The van der Waals surface area contributed by atoms with Crippen LogP contribution in [0.3, 0.4) is 0 Å². The van der Waals surface area contributed by atoms with E-state index in [1.54, 1.807) is 18.2 Å². The van der Waals surface area contributed by atoms with Gasteiger partial charge in [0.25, 0.3) is 5.69 Å². The minimum absolute atomic E-state index is 0.114. The molecule has 3 heterocycles. The summed E-state index contributed by atoms with van der Waals surface area (Å²) in [7, 11) is 0. The lowest BCUT2D eigenvalue weighted by atomic mass is 9.90. The van der Waals surface area contributed by atoms with Crippen molar-refractivity contribution in [3.8, 4) is 0 Å². The largest absolute Gasteiger partial charge is 0.372 e. The highest BCUT2D eigenvalue weighted by molar-refractivity contribution is 6.00. The Bertz CT molecular complexity index is 1160. The van der Waals surface area contributed by atoms with E-state index in [2.05, 4.69) is 20.0 Å². The second kappa shape index (κ2) is 10.8. The molecule has 9 nitrogen and oxygen atoms in total. The lowest BCUT2D eigenvalue weighted by molar-refractivity contribution is -0.384. The van der Waals surface area contributed by atoms with Gasteiger partial charge in [0.2, 0.25) is 11.8 Å². The van der Waals surface area contributed by atoms with Crippen LogP contribution in [0, 0.1) is 21.8 Å². The smallest absolute Gasteiger partial charge is 0.269 e. The van der Waals surface area contributed by atoms with Gasteiger partial charge in [-0.1, -0.05) is 6.07 Å². The molecule has 0 saturated carbocycles. The Morgan fingerprint density at radius 1 is 0.919 bits per heavy atom. The molecule has 0 aliphatic carbocycles. The van der Waals surface area contributed by atoms with E-state index in [9.17, 15) is 19.7 Å². The van der Waals surface area contributed by atoms with Crippen molar-refractivity contribution in [3.63, 3.8) is 0 Å². The summed E-state index contributed by atoms with van der Waals surface area (Å²) >= 11 is 0. The number of imide groups is 1. The van der Waals surface area contributed by atoms with Crippen LogP contribution in [0.15, 0.2) is 42.5 Å². The molecule has 10 heteroatoms. The molecule has 3 saturated heterocycles. The Hall–Kier alpha value is -3.53. The van der Waals surface area contributed by atoms with Gasteiger partial charge < -0.3 is 9.80 Å². The minimum atomic E-state index is -0.482. The zero-order chi connectivity index (χ0) is 25.9. The number of nitrogens with zero attached hydrogens (tertiary/aromatic N) is 4. The maximum Gasteiger partial charge on any atom is 0.269 e. The molecule has 0 aromatic heterocycles. The number of nitrogens with one attached hydrogen (secondary N) is 1. The molecule has 3 aliphatic rings. The monoisotopic (exact) mass is 509 g/mol. The first-order chi connectivity index (χ1) is 17.9. The molecule has 2 aromatic rings. The Morgan fingerprint density at radius 2 is 1.62 bits per heavy atom. The highest BCUT2D eigenvalue weighted by Crippen LogP contribution is 2.30. The van der Waals surface area contributed by atoms with Gasteiger partial charge in [-0.25, -0.2) is 4.39 Å². The van der Waals surface area contributed by atoms with Crippen molar-refractivity contribution in [1.29, 1.82) is 0 Å². The number of nitro groups is 1. The van der Waals surface area contributed by atoms with E-state index in [4.69, 9.17) is 0 Å². The molecule has 0 radical (unpaired) electrons. The fourth-order valence-electron chi connectivity index (χ4n) is 5.70. The summed E-state index contributed by atoms with van der Waals surface area (Å²) in [6, 6.07) is 11.8. The third-order valence-corrected chi connectivity index (χ3v) is 7.88. The van der Waals surface area contributed by atoms with Crippen LogP contribution in [0.1, 0.15) is 37.2 Å². The summed E-state index contributed by atoms with van der Waals surface area (Å²) in [6.07, 6.45) is 2.84. The van der Waals surface area contributed by atoms with Gasteiger partial charge in [-0.15, -0.1) is 0 Å². The van der Waals surface area contributed by atoms with Crippen molar-refractivity contribution < 1.29 is 18.9 Å². The third kappa shape index (κ3) is 5.74. The molecule has 0 bridgehead atoms. The molecule has 5 rings (SSSR count). The Labute approximate surface area is 215 Å². The maximum absolute atomic E-state index is 15.0. The summed E-state index contributed by atoms with van der Waals surface area (Å²) in [6.45, 7) is 6.14. The predicted octanol–water partition coefficient (Wildman–Crippen LogP) is 3.29. The number of rotatable bonds is 6. The summed E-state index contributed by atoms with van der Waals surface area (Å²) in [5.74, 6) is -0.827. The second-order valence-corrected chi connectivity index (χ2v) is 10.2. The van der Waals surface area contributed by atoms with Gasteiger partial charge in [-0.2, -0.15) is 0 Å². The molecular formula is C27H32FN5O4. The van der Waals surface area contributed by atoms with E-state index in [1.807, 2.05) is 18.2 Å². The highest BCUT2D eigenvalue weighted by Gasteiger charge is 2.29. The van der Waals surface area contributed by atoms with E-state index >= 15 is 4.39 Å². The minimum Gasteiger partial charge on any atom is -0.372 e. The van der Waals surface area contributed by atoms with Crippen molar-refractivity contribution in [2.24, 2.45) is 5.92 Å². The predicted molar refractivity (Wildman–Crippen MR) is 138 cm³/mol. The molecule has 2 amide bonds. The zero-order valence-corrected chi connectivity index (χ0v) is 20.8. The van der Waals surface area contributed by atoms with Crippen molar-refractivity contribution in [3.05, 3.63) is 64.0 Å². The molecule has 1 N–H and O–H groups in total. The molecule has 3 fully saturated rings.